The van der Waals surface area contributed by atoms with Gasteiger partial charge in [-0.05, 0) is 292 Å². The molecule has 134 heavy (non-hydrogen) atoms. The van der Waals surface area contributed by atoms with Crippen molar-refractivity contribution in [2.75, 3.05) is 26.2 Å². The molecule has 6 aromatic heterocycles. The third-order valence-corrected chi connectivity index (χ3v) is 25.9. The van der Waals surface area contributed by atoms with E-state index in [1.165, 1.54) is 131 Å². The van der Waals surface area contributed by atoms with E-state index in [4.69, 9.17) is 0 Å². The molecule has 18 rings (SSSR count). The van der Waals surface area contributed by atoms with E-state index in [-0.39, 0.29) is 66.5 Å². The van der Waals surface area contributed by atoms with Gasteiger partial charge in [0.2, 0.25) is 0 Å². The zero-order valence-corrected chi connectivity index (χ0v) is 87.1. The van der Waals surface area contributed by atoms with Crippen molar-refractivity contribution in [3.63, 3.8) is 0 Å². The van der Waals surface area contributed by atoms with E-state index in [9.17, 15) is 19.1 Å². The summed E-state index contributed by atoms with van der Waals surface area (Å²) in [6, 6.07) is 64.9. The number of fused-ring (bicyclic) bond motifs is 9. The van der Waals surface area contributed by atoms with Crippen LogP contribution in [-0.2, 0) is 92.3 Å². The van der Waals surface area contributed by atoms with Crippen LogP contribution >= 0.6 is 0 Å². The van der Waals surface area contributed by atoms with Crippen LogP contribution in [0.1, 0.15) is 320 Å². The molecule has 0 bridgehead atoms. The Morgan fingerprint density at radius 1 is 0.366 bits per heavy atom. The Morgan fingerprint density at radius 2 is 0.731 bits per heavy atom. The van der Waals surface area contributed by atoms with Crippen molar-refractivity contribution >= 4 is 77.1 Å². The summed E-state index contributed by atoms with van der Waals surface area (Å²) in [5, 5.41) is 14.9. The first-order chi connectivity index (χ1) is 62.3. The van der Waals surface area contributed by atoms with Crippen LogP contribution in [0.4, 0.5) is 4.39 Å². The fourth-order valence-electron chi connectivity index (χ4n) is 16.9. The number of nitrogens with one attached hydrogen (secondary N) is 6. The SMILES string of the molecule is C=C(O)CCN1CCc2ccc(C(C)(C)C)cc2C1.CC(=O)CN1CCc2ccc(C(C)(C)C)cc2C1.CC(=O)c1cc2ccc(C(C)(C)C)cc2[nH]1.CC(C)(C)c1cc(F)c2cc[nH]c2c1.CC(C)(C)c1ccc2[nH]ccc2c1.CC(C)(C)c1ccc2[nH]ccc2c1.CC(C)(C)c1ccc2c(c1)CCCC2.CC(C)(C)c1ccc2nc[nH]c2c1.Cc1cc(C(C)(C)C)cc2[nH]ccc12. The maximum Gasteiger partial charge on any atom is 0.175 e. The topological polar surface area (TPSA) is 168 Å². The van der Waals surface area contributed by atoms with Crippen LogP contribution in [-0.4, -0.2) is 87.5 Å². The Hall–Kier alpha value is -11.1. The van der Waals surface area contributed by atoms with Crippen molar-refractivity contribution in [3.8, 4) is 0 Å². The molecule has 1 aliphatic carbocycles. The number of Topliss-reactive ketones (excluding diaryl/α,β-unsaturated/α-hetero) is 2. The zero-order valence-electron chi connectivity index (χ0n) is 87.1. The highest BCUT2D eigenvalue weighted by Crippen LogP contribution is 2.37. The Balaban J connectivity index is 0.000000157. The minimum Gasteiger partial charge on any atom is -0.513 e. The monoisotopic (exact) mass is 1810 g/mol. The van der Waals surface area contributed by atoms with E-state index in [0.29, 0.717) is 29.5 Å². The largest absolute Gasteiger partial charge is 0.513 e. The molecule has 9 aromatic carbocycles. The highest BCUT2D eigenvalue weighted by molar-refractivity contribution is 5.98. The number of nitrogens with zero attached hydrogens (tertiary/aromatic N) is 3. The second-order valence-corrected chi connectivity index (χ2v) is 46.8. The minimum atomic E-state index is -0.145. The van der Waals surface area contributed by atoms with E-state index >= 15 is 0 Å². The molecule has 0 atom stereocenters. The molecule has 15 aromatic rings. The van der Waals surface area contributed by atoms with E-state index in [0.717, 1.165) is 78.6 Å². The molecule has 714 valence electrons. The maximum absolute atomic E-state index is 13.6. The van der Waals surface area contributed by atoms with Gasteiger partial charge >= 0.3 is 0 Å². The van der Waals surface area contributed by atoms with E-state index in [1.54, 1.807) is 49.6 Å². The van der Waals surface area contributed by atoms with Crippen molar-refractivity contribution in [2.24, 2.45) is 0 Å². The smallest absolute Gasteiger partial charge is 0.175 e. The lowest BCUT2D eigenvalue weighted by atomic mass is 9.82. The lowest BCUT2D eigenvalue weighted by molar-refractivity contribution is -0.118. The number of ketones is 2. The molecule has 0 amide bonds. The molecule has 3 aliphatic rings. The summed E-state index contributed by atoms with van der Waals surface area (Å²) in [6.45, 7) is 74.4. The van der Waals surface area contributed by atoms with Gasteiger partial charge in [0.15, 0.2) is 5.78 Å². The summed E-state index contributed by atoms with van der Waals surface area (Å²) in [5.41, 5.74) is 32.5. The van der Waals surface area contributed by atoms with E-state index < -0.39 is 0 Å². The van der Waals surface area contributed by atoms with Crippen molar-refractivity contribution in [2.45, 2.75) is 314 Å². The standard InChI is InChI=1S/C17H25NO.C16H23NO.C14H17NO.C14H20.C13H17N.C12H14FN.2C12H15N.C11H14N2/c1-13(19)7-9-18-10-8-14-5-6-16(17(2,3)4)11-15(14)12-18;1-12(18)10-17-8-7-13-5-6-15(16(2,3)4)9-14(13)11-17;1-9(16)12-7-10-5-6-11(14(2,3)4)8-13(10)15-12;1-14(2,3)13-9-8-11-6-4-5-7-12(11)10-13;1-9-7-10(13(2,3)4)8-12-11(9)5-6-14-12;1-12(2,3)8-6-10(13)9-4-5-14-11(9)7-8;2*1-12(2,3)10-4-5-11-9(8-10)6-7-13-11;1-11(2,3)8-4-5-9-10(6-8)13-7-12-9/h5-6,11,19H,1,7-10,12H2,2-4H3;5-6,9H,7-8,10-11H2,1-4H3;5-8,15H,1-4H3;8-10H,4-7H2,1-3H3;5-8,14H,1-4H3;4-7,14H,1-3H3;2*4-8,13H,1-3H3;4-7H,1-3H3,(H,12,13). The van der Waals surface area contributed by atoms with Crippen molar-refractivity contribution in [1.29, 1.82) is 0 Å². The number of aryl methyl sites for hydroxylation is 3. The number of halogens is 1. The van der Waals surface area contributed by atoms with Crippen LogP contribution in [0, 0.1) is 12.7 Å². The number of aliphatic hydroxyl groups excluding tert-OH is 1. The Kier molecular flexibility index (Phi) is 33.9. The van der Waals surface area contributed by atoms with Gasteiger partial charge in [-0.3, -0.25) is 19.4 Å². The van der Waals surface area contributed by atoms with Gasteiger partial charge in [0.25, 0.3) is 0 Å². The molecule has 13 heteroatoms. The second kappa shape index (κ2) is 43.3. The van der Waals surface area contributed by atoms with Gasteiger partial charge < -0.3 is 35.0 Å². The van der Waals surface area contributed by atoms with E-state index in [2.05, 4.69) is 403 Å². The van der Waals surface area contributed by atoms with Crippen molar-refractivity contribution < 1.29 is 19.1 Å². The Labute approximate surface area is 802 Å². The number of aliphatic hydroxyl groups is 1. The number of carbonyl (C=O) groups excluding carboxylic acids is 2. The number of hydrogen-bond donors (Lipinski definition) is 7. The van der Waals surface area contributed by atoms with Gasteiger partial charge in [0, 0.05) is 115 Å². The maximum atomic E-state index is 13.6. The lowest BCUT2D eigenvalue weighted by Crippen LogP contribution is -2.34. The van der Waals surface area contributed by atoms with Gasteiger partial charge in [0.05, 0.1) is 35.4 Å². The molecule has 8 heterocycles. The zero-order chi connectivity index (χ0) is 98.6. The molecular formula is C121H160FN9O3. The van der Waals surface area contributed by atoms with Crippen LogP contribution in [0.2, 0.25) is 0 Å². The first kappa shape index (κ1) is 105. The fraction of sp³-hybridized carbons (Fsp3) is 0.430. The number of imidazole rings is 1. The van der Waals surface area contributed by atoms with E-state index in [1.807, 2.05) is 30.7 Å². The van der Waals surface area contributed by atoms with Gasteiger partial charge in [-0.25, -0.2) is 9.37 Å². The second-order valence-electron chi connectivity index (χ2n) is 46.8. The molecule has 0 unspecified atom stereocenters. The number of rotatable bonds is 6. The normalized spacial score (nSPS) is 13.8. The first-order valence-corrected chi connectivity index (χ1v) is 48.6. The van der Waals surface area contributed by atoms with Gasteiger partial charge in [-0.15, -0.1) is 0 Å². The molecule has 7 N–H and O–H groups in total. The summed E-state index contributed by atoms with van der Waals surface area (Å²) in [5.74, 6) is 0.474. The molecule has 0 saturated heterocycles. The lowest BCUT2D eigenvalue weighted by Gasteiger charge is -2.30. The van der Waals surface area contributed by atoms with Crippen LogP contribution in [0.3, 0.4) is 0 Å². The fourth-order valence-corrected chi connectivity index (χ4v) is 16.9. The highest BCUT2D eigenvalue weighted by Gasteiger charge is 2.26. The van der Waals surface area contributed by atoms with Gasteiger partial charge in [0.1, 0.15) is 11.6 Å². The number of benzene rings is 9. The minimum absolute atomic E-state index is 0.0137. The summed E-state index contributed by atoms with van der Waals surface area (Å²) in [6.07, 6.45) is 17.6. The Morgan fingerprint density at radius 3 is 1.20 bits per heavy atom. The third-order valence-electron chi connectivity index (χ3n) is 25.9. The summed E-state index contributed by atoms with van der Waals surface area (Å²) < 4.78 is 13.6. The van der Waals surface area contributed by atoms with Crippen LogP contribution in [0.15, 0.2) is 225 Å². The Bertz CT molecular complexity index is 6160. The van der Waals surface area contributed by atoms with Gasteiger partial charge in [-0.2, -0.15) is 0 Å². The number of aromatic amines is 6. The number of carbonyl (C=O) groups is 2. The number of hydrogen-bond acceptors (Lipinski definition) is 6. The molecule has 2 aliphatic heterocycles. The van der Waals surface area contributed by atoms with Crippen molar-refractivity contribution in [3.05, 3.63) is 326 Å². The van der Waals surface area contributed by atoms with Crippen LogP contribution in [0.25, 0.3) is 65.5 Å². The van der Waals surface area contributed by atoms with Crippen molar-refractivity contribution in [1.82, 2.24) is 44.7 Å². The quantitative estimate of drug-likeness (QED) is 0.0646. The highest BCUT2D eigenvalue weighted by atomic mass is 19.1. The number of H-pyrrole nitrogens is 6. The average molecular weight is 1810 g/mol. The molecule has 12 nitrogen and oxygen atoms in total. The predicted octanol–water partition coefficient (Wildman–Crippen LogP) is 31.4. The molecule has 0 spiro atoms. The van der Waals surface area contributed by atoms with Crippen LogP contribution in [0.5, 0.6) is 0 Å². The summed E-state index contributed by atoms with van der Waals surface area (Å²) in [4.78, 5) is 50.3. The summed E-state index contributed by atoms with van der Waals surface area (Å²) in [7, 11) is 0. The third kappa shape index (κ3) is 29.7. The average Bonchev–Trinajstić information content (AvgIpc) is 1.66. The van der Waals surface area contributed by atoms with Gasteiger partial charge in [-0.1, -0.05) is 285 Å². The molecule has 0 radical (unpaired) electrons. The van der Waals surface area contributed by atoms with Crippen LogP contribution < -0.4 is 0 Å². The first-order valence-electron chi connectivity index (χ1n) is 48.6. The molecular weight excluding hydrogens is 1650 g/mol. The molecule has 0 saturated carbocycles. The number of aromatic nitrogens is 7. The summed E-state index contributed by atoms with van der Waals surface area (Å²) >= 11 is 0. The predicted molar refractivity (Wildman–Crippen MR) is 572 cm³/mol. The molecule has 0 fully saturated rings.